The predicted octanol–water partition coefficient (Wildman–Crippen LogP) is -3.57. The number of esters is 1. The van der Waals surface area contributed by atoms with Crippen molar-refractivity contribution in [2.45, 2.75) is 266 Å². The zero-order valence-electron chi connectivity index (χ0n) is 50.0. The Morgan fingerprint density at radius 3 is 1.70 bits per heavy atom. The molecule has 0 spiro atoms. The van der Waals surface area contributed by atoms with Gasteiger partial charge in [0.1, 0.15) is 116 Å². The van der Waals surface area contributed by atoms with Gasteiger partial charge in [-0.2, -0.15) is 0 Å². The second-order valence-corrected chi connectivity index (χ2v) is 28.7. The Kier molecular flexibility index (Phi) is 19.4. The van der Waals surface area contributed by atoms with Gasteiger partial charge in [0.05, 0.1) is 44.6 Å². The summed E-state index contributed by atoms with van der Waals surface area (Å²) < 4.78 is 59.1. The molecule has 0 unspecified atom stereocenters. The van der Waals surface area contributed by atoms with Crippen LogP contribution < -0.4 is 0 Å². The van der Waals surface area contributed by atoms with E-state index in [1.165, 1.54) is 5.57 Å². The Labute approximate surface area is 499 Å². The third-order valence-electron chi connectivity index (χ3n) is 23.1. The molecule has 5 aliphatic carbocycles. The summed E-state index contributed by atoms with van der Waals surface area (Å²) in [4.78, 5) is 15.1. The Bertz CT molecular complexity index is 2380. The molecule has 27 nitrogen and oxygen atoms in total. The summed E-state index contributed by atoms with van der Waals surface area (Å²) in [5.74, 6) is -0.566. The second kappa shape index (κ2) is 24.9. The number of allylic oxidation sites excluding steroid dienone is 2. The minimum atomic E-state index is -1.89. The van der Waals surface area contributed by atoms with Crippen LogP contribution in [0.15, 0.2) is 11.6 Å². The Balaban J connectivity index is 0.820. The standard InChI is InChI=1S/C59H96O27/c1-54(2)14-16-59(53(76)86-51-44(74)40(70)37(67)30(82-51)23-78-48-42(72)38(68)35(65)27(19-60)79-48)17-15-57(6)24(25(59)18-54)8-9-32-56(5)12-11-33(55(3,4)31(56)10-13-58(32,57)7)83-49-45(75)41(71)46(29(21-62)81-49)84-52-47(34(64)26(63)22-77-52)85-50-43(73)39(69)36(66)28(20-61)80-50/h8,25-52,60-75H,9-23H2,1-7H3/t25-,26-,27+,28+,29+,30+,31-,32+,33-,34-,35+,36+,37+,38-,39-,40-,41+,42+,43+,44+,45+,46+,47+,48+,49-,50-,51-,52-,56-,57+,58+,59-/m0/s1. The van der Waals surface area contributed by atoms with Gasteiger partial charge in [-0.3, -0.25) is 4.79 Å². The summed E-state index contributed by atoms with van der Waals surface area (Å²) in [6.45, 7) is 12.5. The first kappa shape index (κ1) is 67.1. The van der Waals surface area contributed by atoms with Gasteiger partial charge in [0.15, 0.2) is 25.2 Å². The molecule has 5 saturated heterocycles. The summed E-state index contributed by atoms with van der Waals surface area (Å²) >= 11 is 0. The maximum Gasteiger partial charge on any atom is 0.315 e. The fourth-order valence-corrected chi connectivity index (χ4v) is 17.6. The van der Waals surface area contributed by atoms with Crippen molar-refractivity contribution in [1.82, 2.24) is 0 Å². The molecule has 5 aliphatic heterocycles. The molecule has 0 aromatic carbocycles. The van der Waals surface area contributed by atoms with Gasteiger partial charge in [0, 0.05) is 0 Å². The van der Waals surface area contributed by atoms with E-state index in [-0.39, 0.29) is 39.4 Å². The fraction of sp³-hybridized carbons (Fsp3) is 0.949. The number of hydrogen-bond donors (Lipinski definition) is 16. The van der Waals surface area contributed by atoms with Gasteiger partial charge in [0.2, 0.25) is 6.29 Å². The lowest BCUT2D eigenvalue weighted by Gasteiger charge is -2.71. The number of ether oxygens (including phenoxy) is 10. The molecule has 86 heavy (non-hydrogen) atoms. The van der Waals surface area contributed by atoms with Crippen LogP contribution in [0.3, 0.4) is 0 Å². The third kappa shape index (κ3) is 11.3. The van der Waals surface area contributed by atoms with Crippen LogP contribution in [-0.4, -0.2) is 274 Å². The second-order valence-electron chi connectivity index (χ2n) is 28.7. The van der Waals surface area contributed by atoms with Crippen molar-refractivity contribution in [2.24, 2.45) is 50.2 Å². The highest BCUT2D eigenvalue weighted by atomic mass is 16.8. The van der Waals surface area contributed by atoms with Crippen LogP contribution in [0.1, 0.15) is 113 Å². The molecular weight excluding hydrogens is 1140 g/mol. The first-order valence-corrected chi connectivity index (χ1v) is 30.7. The number of carbonyl (C=O) groups excluding carboxylic acids is 1. The average Bonchev–Trinajstić information content (AvgIpc) is 0.695. The van der Waals surface area contributed by atoms with Gasteiger partial charge < -0.3 is 129 Å². The van der Waals surface area contributed by atoms with Crippen molar-refractivity contribution in [3.05, 3.63) is 11.6 Å². The van der Waals surface area contributed by atoms with Crippen LogP contribution >= 0.6 is 0 Å². The summed E-state index contributed by atoms with van der Waals surface area (Å²) in [6, 6.07) is 0. The Hall–Kier alpha value is -1.79. The first-order chi connectivity index (χ1) is 40.3. The molecule has 9 fully saturated rings. The summed E-state index contributed by atoms with van der Waals surface area (Å²) in [7, 11) is 0. The number of fused-ring (bicyclic) bond motifs is 7. The van der Waals surface area contributed by atoms with Gasteiger partial charge in [-0.25, -0.2) is 0 Å². The zero-order valence-corrected chi connectivity index (χ0v) is 50.0. The molecule has 494 valence electrons. The van der Waals surface area contributed by atoms with E-state index in [2.05, 4.69) is 54.5 Å². The first-order valence-electron chi connectivity index (χ1n) is 30.7. The van der Waals surface area contributed by atoms with Gasteiger partial charge in [-0.05, 0) is 109 Å². The molecular formula is C59H96O27. The maximum atomic E-state index is 15.1. The third-order valence-corrected chi connectivity index (χ3v) is 23.1. The smallest absolute Gasteiger partial charge is 0.315 e. The number of carbonyl (C=O) groups is 1. The normalized spacial score (nSPS) is 53.6. The van der Waals surface area contributed by atoms with E-state index >= 15 is 4.79 Å². The van der Waals surface area contributed by atoms with Crippen LogP contribution in [0.2, 0.25) is 0 Å². The van der Waals surface area contributed by atoms with Crippen molar-refractivity contribution in [2.75, 3.05) is 33.0 Å². The molecule has 0 amide bonds. The van der Waals surface area contributed by atoms with E-state index in [1.54, 1.807) is 0 Å². The SMILES string of the molecule is CC1(C)CC[C@]2(C(=O)O[C@@H]3O[C@H](CO[C@@H]4O[C@H](CO)[C@@H](O)[C@H](O)[C@H]4O)[C@@H](O)[C@H](O)[C@H]3O)CC[C@]3(C)C(=CC[C@@H]4[C@@]5(C)CC[C@H](O[C@@H]6O[C@H](CO)[C@@H](O[C@@H]7OC[C@H](O)[C@H](O)[C@H]7O[C@@H]7O[C@H](CO)[C@@H](O)[C@H](O)[C@H]7O)[C@H](O)[C@H]6O)C(C)(C)[C@@H]5CC[C@]43C)[C@@H]2C1. The van der Waals surface area contributed by atoms with E-state index in [1.807, 2.05) is 0 Å². The molecule has 5 heterocycles. The summed E-state index contributed by atoms with van der Waals surface area (Å²) in [5.41, 5.74) is -1.34. The maximum absolute atomic E-state index is 15.1. The number of aliphatic hydroxyl groups is 16. The monoisotopic (exact) mass is 1240 g/mol. The highest BCUT2D eigenvalue weighted by molar-refractivity contribution is 5.79. The summed E-state index contributed by atoms with van der Waals surface area (Å²) in [6.07, 6.45) is -31.2. The minimum absolute atomic E-state index is 0.0973. The lowest BCUT2D eigenvalue weighted by molar-refractivity contribution is -0.382. The molecule has 27 heteroatoms. The molecule has 0 aromatic rings. The van der Waals surface area contributed by atoms with Gasteiger partial charge in [-0.15, -0.1) is 0 Å². The fourth-order valence-electron chi connectivity index (χ4n) is 17.6. The molecule has 4 saturated carbocycles. The van der Waals surface area contributed by atoms with E-state index < -0.39 is 203 Å². The lowest BCUT2D eigenvalue weighted by Crippen LogP contribution is -2.67. The van der Waals surface area contributed by atoms with Gasteiger partial charge in [-0.1, -0.05) is 60.1 Å². The van der Waals surface area contributed by atoms with Crippen LogP contribution in [0.5, 0.6) is 0 Å². The van der Waals surface area contributed by atoms with Crippen molar-refractivity contribution in [3.63, 3.8) is 0 Å². The molecule has 32 atom stereocenters. The topological polar surface area (TPSA) is 433 Å². The van der Waals surface area contributed by atoms with Crippen molar-refractivity contribution in [1.29, 1.82) is 0 Å². The Morgan fingerprint density at radius 1 is 0.523 bits per heavy atom. The molecule has 0 aromatic heterocycles. The Morgan fingerprint density at radius 2 is 1.06 bits per heavy atom. The van der Waals surface area contributed by atoms with E-state index in [4.69, 9.17) is 47.4 Å². The molecule has 0 bridgehead atoms. The van der Waals surface area contributed by atoms with E-state index in [9.17, 15) is 81.7 Å². The van der Waals surface area contributed by atoms with E-state index in [0.717, 1.165) is 25.7 Å². The van der Waals surface area contributed by atoms with Crippen LogP contribution in [0.4, 0.5) is 0 Å². The average molecular weight is 1240 g/mol. The van der Waals surface area contributed by atoms with Crippen molar-refractivity contribution >= 4 is 5.97 Å². The predicted molar refractivity (Wildman–Crippen MR) is 289 cm³/mol. The molecule has 10 rings (SSSR count). The number of rotatable bonds is 14. The van der Waals surface area contributed by atoms with Crippen molar-refractivity contribution in [3.8, 4) is 0 Å². The van der Waals surface area contributed by atoms with Crippen LogP contribution in [0.25, 0.3) is 0 Å². The molecule has 16 N–H and O–H groups in total. The van der Waals surface area contributed by atoms with Crippen LogP contribution in [0, 0.1) is 50.2 Å². The van der Waals surface area contributed by atoms with Crippen molar-refractivity contribution < 1.29 is 134 Å². The summed E-state index contributed by atoms with van der Waals surface area (Å²) in [5, 5.41) is 171. The lowest BCUT2D eigenvalue weighted by atomic mass is 9.33. The van der Waals surface area contributed by atoms with E-state index in [0.29, 0.717) is 38.5 Å². The quantitative estimate of drug-likeness (QED) is 0.0454. The van der Waals surface area contributed by atoms with Gasteiger partial charge >= 0.3 is 5.97 Å². The molecule has 10 aliphatic rings. The number of aliphatic hydroxyl groups excluding tert-OH is 16. The van der Waals surface area contributed by atoms with Gasteiger partial charge in [0.25, 0.3) is 0 Å². The highest BCUT2D eigenvalue weighted by Crippen LogP contribution is 2.76. The van der Waals surface area contributed by atoms with Crippen LogP contribution in [-0.2, 0) is 52.2 Å². The molecule has 0 radical (unpaired) electrons. The zero-order chi connectivity index (χ0) is 62.7. The minimum Gasteiger partial charge on any atom is -0.432 e. The largest absolute Gasteiger partial charge is 0.432 e. The number of hydrogen-bond acceptors (Lipinski definition) is 27. The highest BCUT2D eigenvalue weighted by Gasteiger charge is 2.70.